The second kappa shape index (κ2) is 6.09. The molecule has 2 nitrogen and oxygen atoms in total. The van der Waals surface area contributed by atoms with Gasteiger partial charge in [-0.15, -0.1) is 11.3 Å². The van der Waals surface area contributed by atoms with E-state index in [-0.39, 0.29) is 16.8 Å². The Morgan fingerprint density at radius 1 is 1.26 bits per heavy atom. The average molecular weight is 320 g/mol. The maximum Gasteiger partial charge on any atom is 0.183 e. The van der Waals surface area contributed by atoms with Crippen molar-refractivity contribution in [3.63, 3.8) is 0 Å². The molecule has 0 radical (unpaired) electrons. The Morgan fingerprint density at radius 3 is 2.58 bits per heavy atom. The molecule has 0 aliphatic rings. The molecule has 19 heavy (non-hydrogen) atoms. The van der Waals surface area contributed by atoms with Gasteiger partial charge in [0.05, 0.1) is 9.36 Å². The maximum absolute atomic E-state index is 13.8. The second-order valence-corrected chi connectivity index (χ2v) is 6.25. The summed E-state index contributed by atoms with van der Waals surface area (Å²) in [4.78, 5) is 0.847. The fourth-order valence-corrected chi connectivity index (χ4v) is 2.99. The van der Waals surface area contributed by atoms with Crippen LogP contribution in [0.2, 0.25) is 9.36 Å². The molecule has 0 aliphatic carbocycles. The van der Waals surface area contributed by atoms with Crippen LogP contribution in [0.5, 0.6) is 5.75 Å². The third-order valence-corrected chi connectivity index (χ3v) is 4.11. The molecular weight excluding hydrogens is 308 g/mol. The molecule has 2 unspecified atom stereocenters. The van der Waals surface area contributed by atoms with E-state index in [0.29, 0.717) is 4.34 Å². The van der Waals surface area contributed by atoms with E-state index in [1.54, 1.807) is 19.1 Å². The van der Waals surface area contributed by atoms with Gasteiger partial charge < -0.3 is 10.5 Å². The van der Waals surface area contributed by atoms with Gasteiger partial charge in [-0.05, 0) is 31.2 Å². The van der Waals surface area contributed by atoms with Crippen LogP contribution in [0.4, 0.5) is 4.39 Å². The highest BCUT2D eigenvalue weighted by Gasteiger charge is 2.22. The van der Waals surface area contributed by atoms with Crippen LogP contribution in [0.25, 0.3) is 0 Å². The zero-order valence-corrected chi connectivity index (χ0v) is 12.4. The fraction of sp³-hybridized carbons (Fsp3) is 0.231. The number of halogens is 3. The van der Waals surface area contributed by atoms with E-state index in [9.17, 15) is 4.39 Å². The predicted octanol–water partition coefficient (Wildman–Crippen LogP) is 4.66. The molecule has 0 spiro atoms. The Morgan fingerprint density at radius 2 is 2.00 bits per heavy atom. The van der Waals surface area contributed by atoms with Crippen molar-refractivity contribution in [3.8, 4) is 5.75 Å². The lowest BCUT2D eigenvalue weighted by Gasteiger charge is -2.21. The third-order valence-electron chi connectivity index (χ3n) is 2.52. The topological polar surface area (TPSA) is 35.2 Å². The first-order chi connectivity index (χ1) is 8.99. The van der Waals surface area contributed by atoms with Crippen LogP contribution in [-0.2, 0) is 0 Å². The largest absolute Gasteiger partial charge is 0.480 e. The van der Waals surface area contributed by atoms with Gasteiger partial charge in [0, 0.05) is 10.9 Å². The Bertz CT molecular complexity index is 574. The number of benzene rings is 1. The first-order valence-corrected chi connectivity index (χ1v) is 7.17. The number of hydrogen-bond acceptors (Lipinski definition) is 3. The third kappa shape index (κ3) is 3.39. The smallest absolute Gasteiger partial charge is 0.183 e. The number of nitrogens with two attached hydrogens (primary N) is 1. The number of ether oxygens (including phenoxy) is 1. The van der Waals surface area contributed by atoms with E-state index in [1.165, 1.54) is 23.5 Å². The molecule has 2 atom stereocenters. The van der Waals surface area contributed by atoms with Gasteiger partial charge in [0.1, 0.15) is 6.10 Å². The minimum atomic E-state index is -0.586. The average Bonchev–Trinajstić information content (AvgIpc) is 2.77. The van der Waals surface area contributed by atoms with E-state index in [2.05, 4.69) is 0 Å². The van der Waals surface area contributed by atoms with E-state index in [4.69, 9.17) is 33.7 Å². The molecule has 0 saturated carbocycles. The first-order valence-electron chi connectivity index (χ1n) is 5.60. The molecule has 1 heterocycles. The highest BCUT2D eigenvalue weighted by atomic mass is 35.5. The lowest BCUT2D eigenvalue weighted by Crippen LogP contribution is -2.28. The van der Waals surface area contributed by atoms with Crippen LogP contribution in [0.3, 0.4) is 0 Å². The van der Waals surface area contributed by atoms with Crippen molar-refractivity contribution < 1.29 is 9.13 Å². The molecule has 102 valence electrons. The van der Waals surface area contributed by atoms with Gasteiger partial charge in [0.2, 0.25) is 0 Å². The summed E-state index contributed by atoms with van der Waals surface area (Å²) in [6.45, 7) is 1.79. The van der Waals surface area contributed by atoms with Gasteiger partial charge in [0.15, 0.2) is 11.6 Å². The Balaban J connectivity index is 2.29. The lowest BCUT2D eigenvalue weighted by molar-refractivity contribution is 0.176. The van der Waals surface area contributed by atoms with Crippen LogP contribution in [0, 0.1) is 5.82 Å². The molecule has 1 aromatic heterocycles. The molecule has 0 fully saturated rings. The van der Waals surface area contributed by atoms with Crippen molar-refractivity contribution in [1.29, 1.82) is 0 Å². The highest BCUT2D eigenvalue weighted by Crippen LogP contribution is 2.34. The van der Waals surface area contributed by atoms with Crippen molar-refractivity contribution >= 4 is 34.5 Å². The van der Waals surface area contributed by atoms with Crippen LogP contribution in [0.1, 0.15) is 17.9 Å². The Labute approximate surface area is 124 Å². The van der Waals surface area contributed by atoms with Gasteiger partial charge in [-0.3, -0.25) is 0 Å². The second-order valence-electron chi connectivity index (χ2n) is 4.09. The number of rotatable bonds is 4. The molecule has 2 aromatic rings. The standard InChI is InChI=1S/C13H12Cl2FNOS/c1-7(17)13(10-5-6-11(15)19-10)18-9-4-2-3-8(14)12(9)16/h2-7,13H,17H2,1H3. The Kier molecular flexibility index (Phi) is 4.68. The monoisotopic (exact) mass is 319 g/mol. The van der Waals surface area contributed by atoms with Crippen LogP contribution in [-0.4, -0.2) is 6.04 Å². The summed E-state index contributed by atoms with van der Waals surface area (Å²) in [5.41, 5.74) is 5.90. The zero-order valence-electron chi connectivity index (χ0n) is 10.1. The van der Waals surface area contributed by atoms with Crippen LogP contribution in [0.15, 0.2) is 30.3 Å². The van der Waals surface area contributed by atoms with E-state index < -0.39 is 11.9 Å². The maximum atomic E-state index is 13.8. The minimum absolute atomic E-state index is 0.0186. The van der Waals surface area contributed by atoms with Crippen LogP contribution < -0.4 is 10.5 Å². The van der Waals surface area contributed by atoms with Gasteiger partial charge in [0.25, 0.3) is 0 Å². The molecule has 0 amide bonds. The van der Waals surface area contributed by atoms with Gasteiger partial charge in [-0.25, -0.2) is 4.39 Å². The molecule has 0 bridgehead atoms. The van der Waals surface area contributed by atoms with Crippen molar-refractivity contribution in [3.05, 3.63) is 50.4 Å². The zero-order chi connectivity index (χ0) is 14.0. The molecule has 2 rings (SSSR count). The summed E-state index contributed by atoms with van der Waals surface area (Å²) in [5, 5.41) is 0.0186. The van der Waals surface area contributed by atoms with Crippen molar-refractivity contribution in [2.24, 2.45) is 5.73 Å². The summed E-state index contributed by atoms with van der Waals surface area (Å²) < 4.78 is 20.1. The van der Waals surface area contributed by atoms with E-state index in [1.807, 2.05) is 6.07 Å². The molecule has 1 aromatic carbocycles. The van der Waals surface area contributed by atoms with Gasteiger partial charge in [-0.2, -0.15) is 0 Å². The summed E-state index contributed by atoms with van der Waals surface area (Å²) in [6, 6.07) is 7.88. The van der Waals surface area contributed by atoms with Gasteiger partial charge >= 0.3 is 0 Å². The van der Waals surface area contributed by atoms with Gasteiger partial charge in [-0.1, -0.05) is 29.3 Å². The number of thiophene rings is 1. The highest BCUT2D eigenvalue weighted by molar-refractivity contribution is 7.16. The normalized spacial score (nSPS) is 14.2. The molecule has 2 N–H and O–H groups in total. The van der Waals surface area contributed by atoms with Crippen LogP contribution >= 0.6 is 34.5 Å². The SMILES string of the molecule is CC(N)C(Oc1cccc(Cl)c1F)c1ccc(Cl)s1. The fourth-order valence-electron chi connectivity index (χ4n) is 1.62. The Hall–Kier alpha value is -0.810. The molecule has 6 heteroatoms. The lowest BCUT2D eigenvalue weighted by atomic mass is 10.1. The summed E-state index contributed by atoms with van der Waals surface area (Å²) in [7, 11) is 0. The molecule has 0 aliphatic heterocycles. The first kappa shape index (κ1) is 14.6. The summed E-state index contributed by atoms with van der Waals surface area (Å²) >= 11 is 13.0. The quantitative estimate of drug-likeness (QED) is 0.889. The minimum Gasteiger partial charge on any atom is -0.480 e. The predicted molar refractivity (Wildman–Crippen MR) is 77.8 cm³/mol. The van der Waals surface area contributed by atoms with E-state index in [0.717, 1.165) is 4.88 Å². The van der Waals surface area contributed by atoms with Crippen molar-refractivity contribution in [2.45, 2.75) is 19.1 Å². The van der Waals surface area contributed by atoms with Crippen molar-refractivity contribution in [2.75, 3.05) is 0 Å². The number of hydrogen-bond donors (Lipinski definition) is 1. The van der Waals surface area contributed by atoms with Crippen molar-refractivity contribution in [1.82, 2.24) is 0 Å². The summed E-state index contributed by atoms with van der Waals surface area (Å²) in [5.74, 6) is -0.503. The molecular formula is C13H12Cl2FNOS. The molecule has 0 saturated heterocycles. The van der Waals surface area contributed by atoms with E-state index >= 15 is 0 Å². The summed E-state index contributed by atoms with van der Waals surface area (Å²) in [6.07, 6.45) is -0.467.